The lowest BCUT2D eigenvalue weighted by Gasteiger charge is -2.10. The van der Waals surface area contributed by atoms with E-state index in [0.717, 1.165) is 0 Å². The SMILES string of the molecule is C=C(/C=C(\Cl)C(O)c1ccccc1)C(=O)OCC. The van der Waals surface area contributed by atoms with Crippen LogP contribution in [0.3, 0.4) is 0 Å². The van der Waals surface area contributed by atoms with E-state index < -0.39 is 12.1 Å². The van der Waals surface area contributed by atoms with Gasteiger partial charge in [0.05, 0.1) is 17.2 Å². The van der Waals surface area contributed by atoms with Gasteiger partial charge in [-0.15, -0.1) is 0 Å². The molecule has 0 amide bonds. The van der Waals surface area contributed by atoms with Crippen molar-refractivity contribution in [3.63, 3.8) is 0 Å². The number of carbonyl (C=O) groups is 1. The van der Waals surface area contributed by atoms with Crippen LogP contribution >= 0.6 is 11.6 Å². The third kappa shape index (κ3) is 4.02. The molecule has 1 aromatic rings. The number of hydrogen-bond acceptors (Lipinski definition) is 3. The molecular weight excluding hydrogens is 252 g/mol. The van der Waals surface area contributed by atoms with Gasteiger partial charge in [-0.3, -0.25) is 0 Å². The first-order chi connectivity index (χ1) is 8.56. The summed E-state index contributed by atoms with van der Waals surface area (Å²) in [5.74, 6) is -0.545. The van der Waals surface area contributed by atoms with Crippen molar-refractivity contribution >= 4 is 17.6 Å². The average Bonchev–Trinajstić information content (AvgIpc) is 2.39. The Morgan fingerprint density at radius 1 is 1.50 bits per heavy atom. The van der Waals surface area contributed by atoms with Crippen molar-refractivity contribution in [3.8, 4) is 0 Å². The molecule has 1 rings (SSSR count). The Morgan fingerprint density at radius 2 is 2.11 bits per heavy atom. The Hall–Kier alpha value is -1.58. The largest absolute Gasteiger partial charge is 0.462 e. The normalized spacial score (nSPS) is 12.9. The molecule has 0 aliphatic carbocycles. The lowest BCUT2D eigenvalue weighted by Crippen LogP contribution is -2.06. The fourth-order valence-electron chi connectivity index (χ4n) is 1.32. The van der Waals surface area contributed by atoms with E-state index in [9.17, 15) is 9.90 Å². The molecule has 0 bridgehead atoms. The summed E-state index contributed by atoms with van der Waals surface area (Å²) in [6.45, 7) is 5.51. The summed E-state index contributed by atoms with van der Waals surface area (Å²) in [4.78, 5) is 11.3. The minimum atomic E-state index is -0.973. The predicted molar refractivity (Wildman–Crippen MR) is 71.1 cm³/mol. The van der Waals surface area contributed by atoms with Gasteiger partial charge in [0.25, 0.3) is 0 Å². The molecule has 0 saturated carbocycles. The Morgan fingerprint density at radius 3 is 2.67 bits per heavy atom. The number of halogens is 1. The lowest BCUT2D eigenvalue weighted by atomic mass is 10.1. The summed E-state index contributed by atoms with van der Waals surface area (Å²) >= 11 is 5.95. The second-order valence-corrected chi connectivity index (χ2v) is 4.02. The molecule has 0 heterocycles. The maximum Gasteiger partial charge on any atom is 0.337 e. The van der Waals surface area contributed by atoms with Crippen molar-refractivity contribution in [3.05, 3.63) is 59.2 Å². The van der Waals surface area contributed by atoms with E-state index in [1.54, 1.807) is 31.2 Å². The third-order valence-corrected chi connectivity index (χ3v) is 2.54. The lowest BCUT2D eigenvalue weighted by molar-refractivity contribution is -0.138. The van der Waals surface area contributed by atoms with E-state index in [4.69, 9.17) is 16.3 Å². The first-order valence-corrected chi connectivity index (χ1v) is 5.90. The molecule has 0 radical (unpaired) electrons. The van der Waals surface area contributed by atoms with Crippen molar-refractivity contribution in [2.45, 2.75) is 13.0 Å². The van der Waals surface area contributed by atoms with Gasteiger partial charge in [-0.2, -0.15) is 0 Å². The zero-order chi connectivity index (χ0) is 13.5. The predicted octanol–water partition coefficient (Wildman–Crippen LogP) is 2.96. The fourth-order valence-corrected chi connectivity index (χ4v) is 1.58. The first-order valence-electron chi connectivity index (χ1n) is 5.52. The van der Waals surface area contributed by atoms with E-state index in [0.29, 0.717) is 5.56 Å². The van der Waals surface area contributed by atoms with Crippen molar-refractivity contribution in [2.24, 2.45) is 0 Å². The van der Waals surface area contributed by atoms with Gasteiger partial charge in [0.2, 0.25) is 0 Å². The van der Waals surface area contributed by atoms with Crippen LogP contribution < -0.4 is 0 Å². The Bertz CT molecular complexity index is 451. The Kier molecular flexibility index (Phi) is 5.62. The molecule has 1 N–H and O–H groups in total. The molecule has 3 nitrogen and oxygen atoms in total. The van der Waals surface area contributed by atoms with E-state index in [1.165, 1.54) is 6.08 Å². The first kappa shape index (κ1) is 14.5. The van der Waals surface area contributed by atoms with Crippen LogP contribution in [-0.2, 0) is 9.53 Å². The van der Waals surface area contributed by atoms with Crippen LogP contribution in [0.25, 0.3) is 0 Å². The molecular formula is C14H15ClO3. The van der Waals surface area contributed by atoms with Gasteiger partial charge in [0.1, 0.15) is 6.10 Å². The minimum Gasteiger partial charge on any atom is -0.462 e. The fraction of sp³-hybridized carbons (Fsp3) is 0.214. The number of rotatable bonds is 5. The second-order valence-electron chi connectivity index (χ2n) is 3.59. The highest BCUT2D eigenvalue weighted by Crippen LogP contribution is 2.25. The van der Waals surface area contributed by atoms with Crippen molar-refractivity contribution in [1.82, 2.24) is 0 Å². The van der Waals surface area contributed by atoms with Crippen LogP contribution in [-0.4, -0.2) is 17.7 Å². The Labute approximate surface area is 111 Å². The quantitative estimate of drug-likeness (QED) is 0.506. The highest BCUT2D eigenvalue weighted by molar-refractivity contribution is 6.30. The van der Waals surface area contributed by atoms with Crippen LogP contribution in [0.5, 0.6) is 0 Å². The van der Waals surface area contributed by atoms with Gasteiger partial charge < -0.3 is 9.84 Å². The Balaban J connectivity index is 2.78. The van der Waals surface area contributed by atoms with Crippen molar-refractivity contribution in [2.75, 3.05) is 6.61 Å². The monoisotopic (exact) mass is 266 g/mol. The molecule has 0 saturated heterocycles. The second kappa shape index (κ2) is 6.99. The number of benzene rings is 1. The summed E-state index contributed by atoms with van der Waals surface area (Å²) in [7, 11) is 0. The standard InChI is InChI=1S/C14H15ClO3/c1-3-18-14(17)10(2)9-12(15)13(16)11-7-5-4-6-8-11/h4-9,13,16H,2-3H2,1H3/b12-9-. The molecule has 4 heteroatoms. The van der Waals surface area contributed by atoms with Gasteiger partial charge in [0, 0.05) is 0 Å². The third-order valence-electron chi connectivity index (χ3n) is 2.23. The van der Waals surface area contributed by atoms with E-state index >= 15 is 0 Å². The van der Waals surface area contributed by atoms with Gasteiger partial charge in [0.15, 0.2) is 0 Å². The van der Waals surface area contributed by atoms with Gasteiger partial charge in [-0.1, -0.05) is 48.5 Å². The maximum absolute atomic E-state index is 11.3. The topological polar surface area (TPSA) is 46.5 Å². The van der Waals surface area contributed by atoms with Crippen LogP contribution in [0.15, 0.2) is 53.6 Å². The van der Waals surface area contributed by atoms with Crippen LogP contribution in [0.1, 0.15) is 18.6 Å². The molecule has 18 heavy (non-hydrogen) atoms. The summed E-state index contributed by atoms with van der Waals surface area (Å²) in [6.07, 6.45) is 0.344. The van der Waals surface area contributed by atoms with Crippen LogP contribution in [0.2, 0.25) is 0 Å². The molecule has 0 spiro atoms. The van der Waals surface area contributed by atoms with Gasteiger partial charge in [-0.25, -0.2) is 4.79 Å². The smallest absolute Gasteiger partial charge is 0.337 e. The van der Waals surface area contributed by atoms with E-state index in [1.807, 2.05) is 6.07 Å². The summed E-state index contributed by atoms with van der Waals surface area (Å²) in [6, 6.07) is 8.92. The summed E-state index contributed by atoms with van der Waals surface area (Å²) < 4.78 is 4.77. The zero-order valence-electron chi connectivity index (χ0n) is 10.1. The molecule has 1 atom stereocenters. The molecule has 96 valence electrons. The highest BCUT2D eigenvalue weighted by atomic mass is 35.5. The van der Waals surface area contributed by atoms with Crippen molar-refractivity contribution in [1.29, 1.82) is 0 Å². The number of aliphatic hydroxyl groups excluding tert-OH is 1. The number of esters is 1. The number of carbonyl (C=O) groups excluding carboxylic acids is 1. The number of hydrogen-bond donors (Lipinski definition) is 1. The molecule has 1 aromatic carbocycles. The average molecular weight is 267 g/mol. The summed E-state index contributed by atoms with van der Waals surface area (Å²) in [5.41, 5.74) is 0.757. The zero-order valence-corrected chi connectivity index (χ0v) is 10.9. The molecule has 0 aliphatic rings. The van der Waals surface area contributed by atoms with Crippen LogP contribution in [0, 0.1) is 0 Å². The van der Waals surface area contributed by atoms with E-state index in [2.05, 4.69) is 6.58 Å². The van der Waals surface area contributed by atoms with Gasteiger partial charge in [-0.05, 0) is 18.6 Å². The molecule has 0 aromatic heterocycles. The molecule has 0 fully saturated rings. The highest BCUT2D eigenvalue weighted by Gasteiger charge is 2.13. The molecule has 0 aliphatic heterocycles. The maximum atomic E-state index is 11.3. The van der Waals surface area contributed by atoms with Crippen LogP contribution in [0.4, 0.5) is 0 Å². The number of aliphatic hydroxyl groups is 1. The van der Waals surface area contributed by atoms with E-state index in [-0.39, 0.29) is 17.2 Å². The molecule has 1 unspecified atom stereocenters. The van der Waals surface area contributed by atoms with Crippen molar-refractivity contribution < 1.29 is 14.6 Å². The summed E-state index contributed by atoms with van der Waals surface area (Å²) in [5, 5.41) is 10.1. The minimum absolute atomic E-state index is 0.108. The van der Waals surface area contributed by atoms with Gasteiger partial charge >= 0.3 is 5.97 Å². The number of ether oxygens (including phenoxy) is 1.